The summed E-state index contributed by atoms with van der Waals surface area (Å²) >= 11 is 1.71. The molecule has 0 aliphatic heterocycles. The van der Waals surface area contributed by atoms with Gasteiger partial charge in [-0.25, -0.2) is 4.39 Å². The number of ether oxygens (including phenoxy) is 1. The van der Waals surface area contributed by atoms with Gasteiger partial charge in [0.05, 0.1) is 7.11 Å². The van der Waals surface area contributed by atoms with Gasteiger partial charge in [-0.05, 0) is 42.0 Å². The minimum Gasteiger partial charge on any atom is -0.494 e. The number of benzene rings is 1. The highest BCUT2D eigenvalue weighted by molar-refractivity contribution is 7.09. The van der Waals surface area contributed by atoms with Gasteiger partial charge in [-0.3, -0.25) is 4.79 Å². The average Bonchev–Trinajstić information content (AvgIpc) is 3.00. The molecule has 0 aliphatic rings. The van der Waals surface area contributed by atoms with Crippen LogP contribution in [0.3, 0.4) is 0 Å². The first-order valence-electron chi connectivity index (χ1n) is 7.19. The molecule has 0 saturated heterocycles. The lowest BCUT2D eigenvalue weighted by atomic mass is 10.1. The SMILES string of the molecule is COc1ccc(CN(C)C(=O)CCCc2cccs2)cc1F. The molecule has 1 aromatic carbocycles. The van der Waals surface area contributed by atoms with E-state index in [1.807, 2.05) is 11.4 Å². The first-order valence-corrected chi connectivity index (χ1v) is 8.07. The van der Waals surface area contributed by atoms with Crippen LogP contribution >= 0.6 is 11.3 Å². The number of rotatable bonds is 7. The van der Waals surface area contributed by atoms with Crippen molar-refractivity contribution >= 4 is 17.2 Å². The molecule has 0 N–H and O–H groups in total. The zero-order chi connectivity index (χ0) is 15.9. The van der Waals surface area contributed by atoms with E-state index in [1.165, 1.54) is 18.1 Å². The summed E-state index contributed by atoms with van der Waals surface area (Å²) in [5.74, 6) is -0.111. The molecule has 0 saturated carbocycles. The Morgan fingerprint density at radius 3 is 2.82 bits per heavy atom. The maximum Gasteiger partial charge on any atom is 0.222 e. The van der Waals surface area contributed by atoms with E-state index in [9.17, 15) is 9.18 Å². The predicted octanol–water partition coefficient (Wildman–Crippen LogP) is 3.88. The Bertz CT molecular complexity index is 613. The minimum atomic E-state index is -0.404. The highest BCUT2D eigenvalue weighted by Crippen LogP contribution is 2.19. The smallest absolute Gasteiger partial charge is 0.222 e. The number of carbonyl (C=O) groups is 1. The summed E-state index contributed by atoms with van der Waals surface area (Å²) in [5, 5.41) is 2.04. The third-order valence-corrected chi connectivity index (χ3v) is 4.39. The fraction of sp³-hybridized carbons (Fsp3) is 0.353. The molecule has 1 amide bonds. The van der Waals surface area contributed by atoms with Gasteiger partial charge < -0.3 is 9.64 Å². The van der Waals surface area contributed by atoms with Crippen LogP contribution in [0.15, 0.2) is 35.7 Å². The fourth-order valence-electron chi connectivity index (χ4n) is 2.23. The Kier molecular flexibility index (Phi) is 5.95. The molecule has 0 atom stereocenters. The summed E-state index contributed by atoms with van der Waals surface area (Å²) in [6, 6.07) is 8.87. The molecule has 0 unspecified atom stereocenters. The fourth-order valence-corrected chi connectivity index (χ4v) is 2.98. The van der Waals surface area contributed by atoms with E-state index in [4.69, 9.17) is 4.74 Å². The van der Waals surface area contributed by atoms with E-state index in [1.54, 1.807) is 35.4 Å². The van der Waals surface area contributed by atoms with Crippen LogP contribution in [0.5, 0.6) is 5.75 Å². The van der Waals surface area contributed by atoms with Crippen molar-refractivity contribution in [3.63, 3.8) is 0 Å². The monoisotopic (exact) mass is 321 g/mol. The van der Waals surface area contributed by atoms with Crippen molar-refractivity contribution in [2.24, 2.45) is 0 Å². The first-order chi connectivity index (χ1) is 10.6. The van der Waals surface area contributed by atoms with Crippen molar-refractivity contribution in [3.05, 3.63) is 52.0 Å². The second-order valence-corrected chi connectivity index (χ2v) is 6.18. The van der Waals surface area contributed by atoms with Crippen molar-refractivity contribution in [2.75, 3.05) is 14.2 Å². The summed E-state index contributed by atoms with van der Waals surface area (Å²) in [6.07, 6.45) is 2.27. The number of hydrogen-bond acceptors (Lipinski definition) is 3. The Balaban J connectivity index is 1.81. The molecule has 0 radical (unpaired) electrons. The highest BCUT2D eigenvalue weighted by Gasteiger charge is 2.11. The minimum absolute atomic E-state index is 0.0767. The summed E-state index contributed by atoms with van der Waals surface area (Å²) < 4.78 is 18.5. The molecule has 3 nitrogen and oxygen atoms in total. The number of halogens is 1. The lowest BCUT2D eigenvalue weighted by molar-refractivity contribution is -0.130. The van der Waals surface area contributed by atoms with Crippen molar-refractivity contribution < 1.29 is 13.9 Å². The van der Waals surface area contributed by atoms with Crippen LogP contribution < -0.4 is 4.74 Å². The van der Waals surface area contributed by atoms with Crippen LogP contribution in [-0.2, 0) is 17.8 Å². The lowest BCUT2D eigenvalue weighted by Gasteiger charge is -2.17. The van der Waals surface area contributed by atoms with Crippen molar-refractivity contribution in [1.29, 1.82) is 0 Å². The van der Waals surface area contributed by atoms with Gasteiger partial charge in [-0.15, -0.1) is 11.3 Å². The largest absolute Gasteiger partial charge is 0.494 e. The maximum atomic E-state index is 13.6. The predicted molar refractivity (Wildman–Crippen MR) is 86.7 cm³/mol. The van der Waals surface area contributed by atoms with Gasteiger partial charge in [0.1, 0.15) is 0 Å². The Labute approximate surface area is 134 Å². The molecule has 22 heavy (non-hydrogen) atoms. The summed E-state index contributed by atoms with van der Waals surface area (Å²) in [6.45, 7) is 0.402. The molecule has 0 fully saturated rings. The quantitative estimate of drug-likeness (QED) is 0.774. The summed E-state index contributed by atoms with van der Waals surface area (Å²) in [5.41, 5.74) is 0.757. The van der Waals surface area contributed by atoms with Gasteiger partial charge in [0.15, 0.2) is 11.6 Å². The van der Waals surface area contributed by atoms with E-state index in [2.05, 4.69) is 6.07 Å². The molecule has 0 spiro atoms. The van der Waals surface area contributed by atoms with Gasteiger partial charge in [0.25, 0.3) is 0 Å². The zero-order valence-corrected chi connectivity index (χ0v) is 13.7. The van der Waals surface area contributed by atoms with Gasteiger partial charge in [0.2, 0.25) is 5.91 Å². The van der Waals surface area contributed by atoms with Gasteiger partial charge >= 0.3 is 0 Å². The van der Waals surface area contributed by atoms with Crippen LogP contribution in [-0.4, -0.2) is 25.0 Å². The number of amides is 1. The second kappa shape index (κ2) is 7.94. The van der Waals surface area contributed by atoms with Crippen LogP contribution in [0.1, 0.15) is 23.3 Å². The van der Waals surface area contributed by atoms with E-state index in [0.29, 0.717) is 13.0 Å². The van der Waals surface area contributed by atoms with Crippen molar-refractivity contribution in [3.8, 4) is 5.75 Å². The zero-order valence-electron chi connectivity index (χ0n) is 12.8. The number of carbonyl (C=O) groups excluding carboxylic acids is 1. The molecular formula is C17H20FNO2S. The lowest BCUT2D eigenvalue weighted by Crippen LogP contribution is -2.26. The Hall–Kier alpha value is -1.88. The molecule has 0 aliphatic carbocycles. The van der Waals surface area contributed by atoms with Crippen LogP contribution in [0, 0.1) is 5.82 Å². The van der Waals surface area contributed by atoms with Crippen LogP contribution in [0.4, 0.5) is 4.39 Å². The number of thiophene rings is 1. The van der Waals surface area contributed by atoms with E-state index >= 15 is 0 Å². The topological polar surface area (TPSA) is 29.5 Å². The summed E-state index contributed by atoms with van der Waals surface area (Å²) in [7, 11) is 3.18. The third-order valence-electron chi connectivity index (χ3n) is 3.46. The van der Waals surface area contributed by atoms with Gasteiger partial charge in [-0.2, -0.15) is 0 Å². The Morgan fingerprint density at radius 1 is 1.36 bits per heavy atom. The Morgan fingerprint density at radius 2 is 2.18 bits per heavy atom. The standard InChI is InChI=1S/C17H20FNO2S/c1-19(12-13-8-9-16(21-2)15(18)11-13)17(20)7-3-5-14-6-4-10-22-14/h4,6,8-11H,3,5,7,12H2,1-2H3. The van der Waals surface area contributed by atoms with Crippen molar-refractivity contribution in [2.45, 2.75) is 25.8 Å². The van der Waals surface area contributed by atoms with E-state index < -0.39 is 5.82 Å². The first kappa shape index (κ1) is 16.5. The second-order valence-electron chi connectivity index (χ2n) is 5.15. The highest BCUT2D eigenvalue weighted by atomic mass is 32.1. The molecule has 118 valence electrons. The van der Waals surface area contributed by atoms with Crippen LogP contribution in [0.25, 0.3) is 0 Å². The van der Waals surface area contributed by atoms with Gasteiger partial charge in [0, 0.05) is 24.9 Å². The molecule has 5 heteroatoms. The molecule has 2 rings (SSSR count). The number of hydrogen-bond donors (Lipinski definition) is 0. The van der Waals surface area contributed by atoms with E-state index in [-0.39, 0.29) is 11.7 Å². The number of nitrogens with zero attached hydrogens (tertiary/aromatic N) is 1. The average molecular weight is 321 g/mol. The molecular weight excluding hydrogens is 301 g/mol. The molecule has 2 aromatic rings. The summed E-state index contributed by atoms with van der Waals surface area (Å²) in [4.78, 5) is 15.0. The van der Waals surface area contributed by atoms with Crippen molar-refractivity contribution in [1.82, 2.24) is 4.90 Å². The van der Waals surface area contributed by atoms with Gasteiger partial charge in [-0.1, -0.05) is 12.1 Å². The third kappa shape index (κ3) is 4.56. The van der Waals surface area contributed by atoms with E-state index in [0.717, 1.165) is 18.4 Å². The molecule has 1 aromatic heterocycles. The maximum absolute atomic E-state index is 13.6. The number of methoxy groups -OCH3 is 1. The van der Waals surface area contributed by atoms with Crippen LogP contribution in [0.2, 0.25) is 0 Å². The number of aryl methyl sites for hydroxylation is 1. The normalized spacial score (nSPS) is 10.5. The molecule has 1 heterocycles. The molecule has 0 bridgehead atoms.